The molecule has 1 atom stereocenters. The summed E-state index contributed by atoms with van der Waals surface area (Å²) in [5.41, 5.74) is 1.02. The zero-order valence-electron chi connectivity index (χ0n) is 10.8. The summed E-state index contributed by atoms with van der Waals surface area (Å²) >= 11 is 0. The highest BCUT2D eigenvalue weighted by Crippen LogP contribution is 2.28. The van der Waals surface area contributed by atoms with Crippen molar-refractivity contribution in [1.82, 2.24) is 4.90 Å². The number of nitrogens with zero attached hydrogens (tertiary/aromatic N) is 1. The summed E-state index contributed by atoms with van der Waals surface area (Å²) in [6, 6.07) is 4.59. The Morgan fingerprint density at radius 2 is 2.32 bits per heavy atom. The van der Waals surface area contributed by atoms with Gasteiger partial charge in [-0.05, 0) is 25.1 Å². The van der Waals surface area contributed by atoms with E-state index in [1.54, 1.807) is 32.2 Å². The van der Waals surface area contributed by atoms with Crippen LogP contribution in [0.3, 0.4) is 0 Å². The van der Waals surface area contributed by atoms with E-state index in [2.05, 4.69) is 5.32 Å². The van der Waals surface area contributed by atoms with Gasteiger partial charge in [-0.3, -0.25) is 9.59 Å². The SMILES string of the molecule is CC(CO)N(C)C(=O)c1ccc2c(c1)OCC(=O)N2. The quantitative estimate of drug-likeness (QED) is 0.831. The summed E-state index contributed by atoms with van der Waals surface area (Å²) < 4.78 is 5.26. The lowest BCUT2D eigenvalue weighted by Gasteiger charge is -2.24. The molecule has 0 saturated carbocycles. The van der Waals surface area contributed by atoms with Gasteiger partial charge in [0.25, 0.3) is 11.8 Å². The number of nitrogens with one attached hydrogen (secondary N) is 1. The molecule has 0 fully saturated rings. The molecule has 0 bridgehead atoms. The molecule has 102 valence electrons. The van der Waals surface area contributed by atoms with E-state index in [4.69, 9.17) is 9.84 Å². The van der Waals surface area contributed by atoms with Crippen LogP contribution in [-0.2, 0) is 4.79 Å². The van der Waals surface area contributed by atoms with Crippen molar-refractivity contribution in [3.8, 4) is 5.75 Å². The molecule has 1 aromatic rings. The first-order valence-corrected chi connectivity index (χ1v) is 5.97. The zero-order valence-corrected chi connectivity index (χ0v) is 10.8. The molecular formula is C13H16N2O4. The summed E-state index contributed by atoms with van der Waals surface area (Å²) in [5.74, 6) is 0.0675. The highest BCUT2D eigenvalue weighted by Gasteiger charge is 2.21. The second-order valence-corrected chi connectivity index (χ2v) is 4.50. The van der Waals surface area contributed by atoms with Crippen LogP contribution in [0.25, 0.3) is 0 Å². The van der Waals surface area contributed by atoms with E-state index >= 15 is 0 Å². The number of aliphatic hydroxyl groups is 1. The number of carbonyl (C=O) groups is 2. The number of amides is 2. The lowest BCUT2D eigenvalue weighted by Crippen LogP contribution is -2.37. The van der Waals surface area contributed by atoms with Gasteiger partial charge in [0.05, 0.1) is 18.3 Å². The highest BCUT2D eigenvalue weighted by molar-refractivity contribution is 5.99. The molecule has 6 heteroatoms. The Balaban J connectivity index is 2.22. The summed E-state index contributed by atoms with van der Waals surface area (Å²) in [6.07, 6.45) is 0. The Bertz CT molecular complexity index is 515. The minimum absolute atomic E-state index is 0.0481. The van der Waals surface area contributed by atoms with Crippen LogP contribution in [0.4, 0.5) is 5.69 Å². The van der Waals surface area contributed by atoms with Gasteiger partial charge in [0.15, 0.2) is 6.61 Å². The molecule has 1 unspecified atom stereocenters. The first-order chi connectivity index (χ1) is 9.02. The minimum Gasteiger partial charge on any atom is -0.482 e. The van der Waals surface area contributed by atoms with E-state index in [0.29, 0.717) is 17.0 Å². The Morgan fingerprint density at radius 3 is 3.00 bits per heavy atom. The number of rotatable bonds is 3. The molecule has 0 radical (unpaired) electrons. The number of likely N-dealkylation sites (N-methyl/N-ethyl adjacent to an activating group) is 1. The van der Waals surface area contributed by atoms with E-state index in [-0.39, 0.29) is 31.1 Å². The second kappa shape index (κ2) is 5.27. The van der Waals surface area contributed by atoms with Gasteiger partial charge in [-0.25, -0.2) is 0 Å². The Kier molecular flexibility index (Phi) is 3.71. The van der Waals surface area contributed by atoms with Gasteiger partial charge in [0.2, 0.25) is 0 Å². The molecule has 0 spiro atoms. The molecule has 0 aromatic heterocycles. The van der Waals surface area contributed by atoms with Gasteiger partial charge in [-0.1, -0.05) is 0 Å². The molecule has 1 aliphatic heterocycles. The number of anilines is 1. The van der Waals surface area contributed by atoms with E-state index in [9.17, 15) is 9.59 Å². The first-order valence-electron chi connectivity index (χ1n) is 5.97. The number of fused-ring (bicyclic) bond motifs is 1. The van der Waals surface area contributed by atoms with Crippen molar-refractivity contribution in [3.05, 3.63) is 23.8 Å². The lowest BCUT2D eigenvalue weighted by atomic mass is 10.1. The summed E-state index contributed by atoms with van der Waals surface area (Å²) in [6.45, 7) is 1.61. The number of ether oxygens (including phenoxy) is 1. The van der Waals surface area contributed by atoms with Crippen LogP contribution >= 0.6 is 0 Å². The van der Waals surface area contributed by atoms with E-state index in [1.807, 2.05) is 0 Å². The molecule has 0 aliphatic carbocycles. The monoisotopic (exact) mass is 264 g/mol. The van der Waals surface area contributed by atoms with Crippen LogP contribution in [0.15, 0.2) is 18.2 Å². The Hall–Kier alpha value is -2.08. The van der Waals surface area contributed by atoms with Crippen molar-refractivity contribution in [2.45, 2.75) is 13.0 Å². The van der Waals surface area contributed by atoms with Crippen molar-refractivity contribution in [1.29, 1.82) is 0 Å². The standard InChI is InChI=1S/C13H16N2O4/c1-8(6-16)15(2)13(18)9-3-4-10-11(5-9)19-7-12(17)14-10/h3-5,8,16H,6-7H2,1-2H3,(H,14,17). The maximum atomic E-state index is 12.2. The predicted octanol–water partition coefficient (Wildman–Crippen LogP) is 0.470. The van der Waals surface area contributed by atoms with Gasteiger partial charge in [-0.15, -0.1) is 0 Å². The van der Waals surface area contributed by atoms with Crippen molar-refractivity contribution in [2.75, 3.05) is 25.6 Å². The van der Waals surface area contributed by atoms with Gasteiger partial charge in [0, 0.05) is 12.6 Å². The van der Waals surface area contributed by atoms with Crippen molar-refractivity contribution in [3.63, 3.8) is 0 Å². The predicted molar refractivity (Wildman–Crippen MR) is 69.2 cm³/mol. The van der Waals surface area contributed by atoms with Crippen LogP contribution in [0.2, 0.25) is 0 Å². The Labute approximate surface area is 111 Å². The molecule has 1 aliphatic rings. The molecule has 0 saturated heterocycles. The molecule has 19 heavy (non-hydrogen) atoms. The van der Waals surface area contributed by atoms with Crippen LogP contribution in [0, 0.1) is 0 Å². The maximum Gasteiger partial charge on any atom is 0.262 e. The van der Waals surface area contributed by atoms with Crippen molar-refractivity contribution >= 4 is 17.5 Å². The van der Waals surface area contributed by atoms with Crippen molar-refractivity contribution < 1.29 is 19.4 Å². The number of carbonyl (C=O) groups excluding carboxylic acids is 2. The maximum absolute atomic E-state index is 12.2. The molecule has 1 aromatic carbocycles. The first kappa shape index (κ1) is 13.4. The Morgan fingerprint density at radius 1 is 1.58 bits per heavy atom. The molecule has 1 heterocycles. The fourth-order valence-corrected chi connectivity index (χ4v) is 1.73. The number of hydrogen-bond acceptors (Lipinski definition) is 4. The van der Waals surface area contributed by atoms with Crippen molar-refractivity contribution in [2.24, 2.45) is 0 Å². The number of aliphatic hydroxyl groups excluding tert-OH is 1. The fraction of sp³-hybridized carbons (Fsp3) is 0.385. The van der Waals surface area contributed by atoms with E-state index in [1.165, 1.54) is 4.90 Å². The van der Waals surface area contributed by atoms with E-state index in [0.717, 1.165) is 0 Å². The summed E-state index contributed by atoms with van der Waals surface area (Å²) in [4.78, 5) is 24.8. The van der Waals surface area contributed by atoms with Gasteiger partial charge in [0.1, 0.15) is 5.75 Å². The second-order valence-electron chi connectivity index (χ2n) is 4.50. The van der Waals surface area contributed by atoms with E-state index < -0.39 is 0 Å². The van der Waals surface area contributed by atoms with Crippen LogP contribution < -0.4 is 10.1 Å². The number of hydrogen-bond donors (Lipinski definition) is 2. The number of benzene rings is 1. The molecular weight excluding hydrogens is 248 g/mol. The normalized spacial score (nSPS) is 15.0. The third-order valence-corrected chi connectivity index (χ3v) is 3.11. The summed E-state index contributed by atoms with van der Waals surface area (Å²) in [5, 5.41) is 11.7. The van der Waals surface area contributed by atoms with Gasteiger partial charge >= 0.3 is 0 Å². The highest BCUT2D eigenvalue weighted by atomic mass is 16.5. The molecule has 6 nitrogen and oxygen atoms in total. The average Bonchev–Trinajstić information content (AvgIpc) is 2.44. The molecule has 2 N–H and O–H groups in total. The fourth-order valence-electron chi connectivity index (χ4n) is 1.73. The smallest absolute Gasteiger partial charge is 0.262 e. The van der Waals surface area contributed by atoms with Gasteiger partial charge in [-0.2, -0.15) is 0 Å². The third kappa shape index (κ3) is 2.68. The third-order valence-electron chi connectivity index (χ3n) is 3.11. The van der Waals surface area contributed by atoms with Gasteiger partial charge < -0.3 is 20.1 Å². The topological polar surface area (TPSA) is 78.9 Å². The average molecular weight is 264 g/mol. The molecule has 2 amide bonds. The largest absolute Gasteiger partial charge is 0.482 e. The summed E-state index contributed by atoms with van der Waals surface area (Å²) in [7, 11) is 1.63. The van der Waals surface area contributed by atoms with Crippen LogP contribution in [0.5, 0.6) is 5.75 Å². The van der Waals surface area contributed by atoms with Crippen LogP contribution in [0.1, 0.15) is 17.3 Å². The lowest BCUT2D eigenvalue weighted by molar-refractivity contribution is -0.118. The zero-order chi connectivity index (χ0) is 14.0. The molecule has 2 rings (SSSR count). The minimum atomic E-state index is -0.260. The van der Waals surface area contributed by atoms with Crippen LogP contribution in [-0.4, -0.2) is 48.1 Å².